The number of aliphatic carboxylic acids is 2. The second-order valence-corrected chi connectivity index (χ2v) is 18.1. The Morgan fingerprint density at radius 2 is 0.814 bits per heavy atom. The van der Waals surface area contributed by atoms with Crippen LogP contribution in [0, 0.1) is 23.5 Å². The van der Waals surface area contributed by atoms with Gasteiger partial charge in [-0.3, -0.25) is 19.2 Å². The monoisotopic (exact) mass is 980 g/mol. The van der Waals surface area contributed by atoms with E-state index in [1.807, 2.05) is 0 Å². The molecule has 0 saturated heterocycles. The van der Waals surface area contributed by atoms with Gasteiger partial charge in [0.25, 0.3) is 11.8 Å². The molecular formula is C52H52F8N4O6. The molecule has 372 valence electrons. The van der Waals surface area contributed by atoms with Gasteiger partial charge in [-0.1, -0.05) is 37.1 Å². The Morgan fingerprint density at radius 3 is 1.06 bits per heavy atom. The molecule has 0 spiro atoms. The lowest BCUT2D eigenvalue weighted by Gasteiger charge is -2.26. The van der Waals surface area contributed by atoms with E-state index >= 15 is 0 Å². The molecule has 0 radical (unpaired) electrons. The van der Waals surface area contributed by atoms with Crippen LogP contribution in [0.25, 0.3) is 21.8 Å². The van der Waals surface area contributed by atoms with Crippen LogP contribution in [0.5, 0.6) is 0 Å². The first-order valence-corrected chi connectivity index (χ1v) is 23.2. The zero-order valence-corrected chi connectivity index (χ0v) is 37.9. The molecule has 2 amide bonds. The summed E-state index contributed by atoms with van der Waals surface area (Å²) in [6.07, 6.45) is 6.20. The van der Waals surface area contributed by atoms with Crippen molar-refractivity contribution in [1.82, 2.24) is 19.8 Å². The zero-order valence-electron chi connectivity index (χ0n) is 37.9. The maximum absolute atomic E-state index is 14.2. The average molecular weight is 981 g/mol. The lowest BCUT2D eigenvalue weighted by Crippen LogP contribution is -2.39. The lowest BCUT2D eigenvalue weighted by atomic mass is 9.86. The van der Waals surface area contributed by atoms with E-state index in [9.17, 15) is 54.3 Å². The first-order chi connectivity index (χ1) is 33.3. The van der Waals surface area contributed by atoms with E-state index in [0.717, 1.165) is 101 Å². The highest BCUT2D eigenvalue weighted by atomic mass is 19.4. The number of carboxylic acids is 2. The molecule has 6 aromatic rings. The summed E-state index contributed by atoms with van der Waals surface area (Å²) in [5.74, 6) is -2.65. The van der Waals surface area contributed by atoms with E-state index in [-0.39, 0.29) is 48.8 Å². The Morgan fingerprint density at radius 1 is 0.486 bits per heavy atom. The molecule has 4 N–H and O–H groups in total. The molecule has 4 saturated carbocycles. The second-order valence-electron chi connectivity index (χ2n) is 18.1. The van der Waals surface area contributed by atoms with Crippen LogP contribution >= 0.6 is 0 Å². The van der Waals surface area contributed by atoms with Crippen LogP contribution in [-0.4, -0.2) is 55.2 Å². The summed E-state index contributed by atoms with van der Waals surface area (Å²) in [6, 6.07) is 18.5. The third-order valence-electron chi connectivity index (χ3n) is 13.3. The molecule has 70 heavy (non-hydrogen) atoms. The Kier molecular flexibility index (Phi) is 16.0. The SMILES string of the molecule is O=C(NC1CCC1)c1ccc(F)c2ccn(Cc3ccc(C(F)(F)F)cc3)c12.O=C(NC1CCC1)c1ccc(F)c2ccn(Cc3ccc(C(F)(F)F)cc3)c12.O=C(O)C1CCC1.O=C(O)C1CCC1. The van der Waals surface area contributed by atoms with Gasteiger partial charge >= 0.3 is 24.3 Å². The summed E-state index contributed by atoms with van der Waals surface area (Å²) in [4.78, 5) is 45.3. The molecule has 10 nitrogen and oxygen atoms in total. The van der Waals surface area contributed by atoms with Gasteiger partial charge in [-0.2, -0.15) is 26.3 Å². The van der Waals surface area contributed by atoms with Crippen molar-refractivity contribution in [3.05, 3.63) is 142 Å². The lowest BCUT2D eigenvalue weighted by molar-refractivity contribution is -0.145. The van der Waals surface area contributed by atoms with Crippen molar-refractivity contribution >= 4 is 45.6 Å². The van der Waals surface area contributed by atoms with E-state index in [4.69, 9.17) is 10.2 Å². The predicted octanol–water partition coefficient (Wildman–Crippen LogP) is 12.0. The number of carbonyl (C=O) groups is 4. The number of fused-ring (bicyclic) bond motifs is 2. The highest BCUT2D eigenvalue weighted by Gasteiger charge is 2.32. The number of alkyl halides is 6. The summed E-state index contributed by atoms with van der Waals surface area (Å²) < 4.78 is 108. The molecule has 10 rings (SSSR count). The van der Waals surface area contributed by atoms with Crippen LogP contribution < -0.4 is 10.6 Å². The summed E-state index contributed by atoms with van der Waals surface area (Å²) >= 11 is 0. The van der Waals surface area contributed by atoms with Crippen molar-refractivity contribution in [2.45, 2.75) is 115 Å². The second kappa shape index (κ2) is 21.9. The summed E-state index contributed by atoms with van der Waals surface area (Å²) in [5.41, 5.74) is 1.41. The normalized spacial score (nSPS) is 16.1. The van der Waals surface area contributed by atoms with Crippen molar-refractivity contribution in [3.63, 3.8) is 0 Å². The van der Waals surface area contributed by atoms with Gasteiger partial charge in [0.05, 0.1) is 45.1 Å². The highest BCUT2D eigenvalue weighted by molar-refractivity contribution is 6.07. The van der Waals surface area contributed by atoms with E-state index in [1.165, 1.54) is 48.5 Å². The molecule has 4 aromatic carbocycles. The number of hydrogen-bond acceptors (Lipinski definition) is 4. The number of aromatic nitrogens is 2. The zero-order chi connectivity index (χ0) is 50.3. The van der Waals surface area contributed by atoms with Crippen LogP contribution in [-0.2, 0) is 35.0 Å². The largest absolute Gasteiger partial charge is 0.481 e. The van der Waals surface area contributed by atoms with E-state index < -0.39 is 47.1 Å². The fourth-order valence-corrected chi connectivity index (χ4v) is 8.14. The number of halogens is 8. The Balaban J connectivity index is 0.000000161. The average Bonchev–Trinajstić information content (AvgIpc) is 3.85. The molecule has 4 aliphatic carbocycles. The summed E-state index contributed by atoms with van der Waals surface area (Å²) in [7, 11) is 0. The fourth-order valence-electron chi connectivity index (χ4n) is 8.14. The highest BCUT2D eigenvalue weighted by Crippen LogP contribution is 2.33. The van der Waals surface area contributed by atoms with Gasteiger partial charge in [0.2, 0.25) is 0 Å². The van der Waals surface area contributed by atoms with Gasteiger partial charge in [-0.25, -0.2) is 8.78 Å². The van der Waals surface area contributed by atoms with Crippen molar-refractivity contribution in [3.8, 4) is 0 Å². The standard InChI is InChI=1S/2C21H18F4N2O.2C5H8O2/c2*22-18-9-8-17(20(28)26-15-2-1-3-15)19-16(18)10-11-27(19)12-13-4-6-14(7-5-13)21(23,24)25;2*6-5(7)4-2-1-3-4/h2*4-11,15H,1-3,12H2,(H,26,28);2*4H,1-3H2,(H,6,7). The topological polar surface area (TPSA) is 143 Å². The Labute approximate surface area is 397 Å². The van der Waals surface area contributed by atoms with E-state index in [0.29, 0.717) is 44.1 Å². The summed E-state index contributed by atoms with van der Waals surface area (Å²) in [5, 5.41) is 23.0. The number of carbonyl (C=O) groups excluding carboxylic acids is 2. The maximum atomic E-state index is 14.2. The number of hydrogen-bond donors (Lipinski definition) is 4. The minimum absolute atomic E-state index is 0.000000000000000444. The smallest absolute Gasteiger partial charge is 0.416 e. The third kappa shape index (κ3) is 12.5. The molecule has 4 fully saturated rings. The molecule has 0 atom stereocenters. The van der Waals surface area contributed by atoms with Gasteiger partial charge in [-0.05, 0) is 136 Å². The fraction of sp³-hybridized carbons (Fsp3) is 0.385. The number of nitrogens with zero attached hydrogens (tertiary/aromatic N) is 2. The van der Waals surface area contributed by atoms with E-state index in [2.05, 4.69) is 10.6 Å². The molecule has 0 aliphatic heterocycles. The number of benzene rings is 4. The molecule has 2 heterocycles. The van der Waals surface area contributed by atoms with Crippen molar-refractivity contribution < 1.29 is 64.5 Å². The molecule has 0 unspecified atom stereocenters. The van der Waals surface area contributed by atoms with Crippen molar-refractivity contribution in [2.75, 3.05) is 0 Å². The van der Waals surface area contributed by atoms with Gasteiger partial charge in [-0.15, -0.1) is 0 Å². The van der Waals surface area contributed by atoms with E-state index in [1.54, 1.807) is 33.7 Å². The Hall–Kier alpha value is -6.72. The number of nitrogens with one attached hydrogen (secondary N) is 2. The molecule has 18 heteroatoms. The first-order valence-electron chi connectivity index (χ1n) is 23.2. The first kappa shape index (κ1) is 51.1. The minimum Gasteiger partial charge on any atom is -0.481 e. The van der Waals surface area contributed by atoms with Crippen molar-refractivity contribution in [2.24, 2.45) is 11.8 Å². The number of amides is 2. The van der Waals surface area contributed by atoms with Gasteiger partial charge in [0.15, 0.2) is 0 Å². The minimum atomic E-state index is -4.39. The molecular weight excluding hydrogens is 929 g/mol. The van der Waals surface area contributed by atoms with Crippen LogP contribution in [0.15, 0.2) is 97.3 Å². The van der Waals surface area contributed by atoms with Crippen LogP contribution in [0.4, 0.5) is 35.1 Å². The van der Waals surface area contributed by atoms with Gasteiger partial charge in [0, 0.05) is 48.3 Å². The van der Waals surface area contributed by atoms with Gasteiger partial charge in [0.1, 0.15) is 11.6 Å². The number of rotatable bonds is 10. The summed E-state index contributed by atoms with van der Waals surface area (Å²) in [6.45, 7) is 0.462. The van der Waals surface area contributed by atoms with Crippen LogP contribution in [0.2, 0.25) is 0 Å². The third-order valence-corrected chi connectivity index (χ3v) is 13.3. The molecule has 0 bridgehead atoms. The van der Waals surface area contributed by atoms with Gasteiger partial charge < -0.3 is 30.0 Å². The van der Waals surface area contributed by atoms with Crippen LogP contribution in [0.3, 0.4) is 0 Å². The van der Waals surface area contributed by atoms with Crippen LogP contribution in [0.1, 0.15) is 120 Å². The number of carboxylic acid groups (broad SMARTS) is 2. The maximum Gasteiger partial charge on any atom is 0.416 e. The molecule has 4 aliphatic rings. The predicted molar refractivity (Wildman–Crippen MR) is 245 cm³/mol. The van der Waals surface area contributed by atoms with Crippen molar-refractivity contribution in [1.29, 1.82) is 0 Å². The molecule has 2 aromatic heterocycles. The Bertz CT molecular complexity index is 2610. The quantitative estimate of drug-likeness (QED) is 0.101.